The first-order chi connectivity index (χ1) is 8.04. The van der Waals surface area contributed by atoms with E-state index in [1.807, 2.05) is 12.1 Å². The summed E-state index contributed by atoms with van der Waals surface area (Å²) in [4.78, 5) is 0. The Morgan fingerprint density at radius 2 is 1.78 bits per heavy atom. The molecule has 2 N–H and O–H groups in total. The molecule has 1 aromatic rings. The molecular formula is C15H22Cl2N-. The minimum atomic E-state index is 0. The average molecular weight is 287 g/mol. The third kappa shape index (κ3) is 3.01. The van der Waals surface area contributed by atoms with Gasteiger partial charge in [0.2, 0.25) is 0 Å². The van der Waals surface area contributed by atoms with Crippen LogP contribution in [0.1, 0.15) is 45.1 Å². The topological polar surface area (TPSA) is 26.0 Å². The first-order valence-electron chi connectivity index (χ1n) is 6.56. The SMILES string of the molecule is CC(C)CC(N)C1(c2ccc(Cl)cc2)CCC1.[Cl-]. The van der Waals surface area contributed by atoms with Crippen molar-refractivity contribution < 1.29 is 12.4 Å². The molecule has 0 aromatic heterocycles. The van der Waals surface area contributed by atoms with E-state index in [0.717, 1.165) is 11.4 Å². The molecule has 0 amide bonds. The number of halogens is 2. The van der Waals surface area contributed by atoms with E-state index in [1.165, 1.54) is 24.8 Å². The number of nitrogens with two attached hydrogens (primary N) is 1. The molecule has 3 heteroatoms. The fraction of sp³-hybridized carbons (Fsp3) is 0.600. The number of benzene rings is 1. The lowest BCUT2D eigenvalue weighted by Gasteiger charge is -2.47. The van der Waals surface area contributed by atoms with Gasteiger partial charge in [0, 0.05) is 16.5 Å². The molecule has 0 saturated heterocycles. The quantitative estimate of drug-likeness (QED) is 0.883. The summed E-state index contributed by atoms with van der Waals surface area (Å²) in [6, 6.07) is 8.55. The van der Waals surface area contributed by atoms with Crippen molar-refractivity contribution in [3.63, 3.8) is 0 Å². The largest absolute Gasteiger partial charge is 1.00 e. The van der Waals surface area contributed by atoms with Gasteiger partial charge in [-0.15, -0.1) is 0 Å². The van der Waals surface area contributed by atoms with Crippen LogP contribution < -0.4 is 18.1 Å². The molecule has 102 valence electrons. The predicted molar refractivity (Wildman–Crippen MR) is 74.4 cm³/mol. The number of rotatable bonds is 4. The van der Waals surface area contributed by atoms with Crippen LogP contribution in [0.3, 0.4) is 0 Å². The number of hydrogen-bond acceptors (Lipinski definition) is 1. The molecule has 0 radical (unpaired) electrons. The maximum Gasteiger partial charge on any atom is 0.0406 e. The standard InChI is InChI=1S/C15H22ClN.ClH/c1-11(2)10-14(17)15(8-3-9-15)12-4-6-13(16)7-5-12;/h4-7,11,14H,3,8-10,17H2,1-2H3;1H/p-1. The van der Waals surface area contributed by atoms with E-state index < -0.39 is 0 Å². The Kier molecular flexibility index (Phi) is 5.51. The second kappa shape index (κ2) is 6.27. The summed E-state index contributed by atoms with van der Waals surface area (Å²) in [6.07, 6.45) is 4.85. The first-order valence-corrected chi connectivity index (χ1v) is 6.94. The van der Waals surface area contributed by atoms with Gasteiger partial charge in [-0.25, -0.2) is 0 Å². The van der Waals surface area contributed by atoms with Crippen molar-refractivity contribution in [2.75, 3.05) is 0 Å². The van der Waals surface area contributed by atoms with Crippen LogP contribution in [0.15, 0.2) is 24.3 Å². The van der Waals surface area contributed by atoms with E-state index in [-0.39, 0.29) is 23.9 Å². The maximum absolute atomic E-state index is 6.45. The molecule has 1 atom stereocenters. The molecule has 18 heavy (non-hydrogen) atoms. The molecule has 1 fully saturated rings. The highest BCUT2D eigenvalue weighted by atomic mass is 35.5. The van der Waals surface area contributed by atoms with Crippen LogP contribution in [0.5, 0.6) is 0 Å². The third-order valence-electron chi connectivity index (χ3n) is 4.10. The Bertz CT molecular complexity index is 369. The van der Waals surface area contributed by atoms with Gasteiger partial charge in [0.25, 0.3) is 0 Å². The van der Waals surface area contributed by atoms with Crippen molar-refractivity contribution in [1.82, 2.24) is 0 Å². The summed E-state index contributed by atoms with van der Waals surface area (Å²) in [6.45, 7) is 4.49. The molecular weight excluding hydrogens is 265 g/mol. The van der Waals surface area contributed by atoms with Crippen molar-refractivity contribution in [3.05, 3.63) is 34.9 Å². The monoisotopic (exact) mass is 286 g/mol. The van der Waals surface area contributed by atoms with E-state index in [2.05, 4.69) is 26.0 Å². The Labute approximate surface area is 122 Å². The maximum atomic E-state index is 6.45. The lowest BCUT2D eigenvalue weighted by atomic mass is 9.59. The van der Waals surface area contributed by atoms with Crippen LogP contribution in [0.25, 0.3) is 0 Å². The summed E-state index contributed by atoms with van der Waals surface area (Å²) in [5.41, 5.74) is 8.05. The fourth-order valence-corrected chi connectivity index (χ4v) is 3.07. The molecule has 2 rings (SSSR count). The van der Waals surface area contributed by atoms with E-state index in [9.17, 15) is 0 Å². The molecule has 0 bridgehead atoms. The van der Waals surface area contributed by atoms with Gasteiger partial charge in [0.1, 0.15) is 0 Å². The van der Waals surface area contributed by atoms with E-state index in [0.29, 0.717) is 5.92 Å². The molecule has 1 saturated carbocycles. The zero-order chi connectivity index (χ0) is 12.5. The van der Waals surface area contributed by atoms with E-state index in [4.69, 9.17) is 17.3 Å². The van der Waals surface area contributed by atoms with Crippen LogP contribution in [-0.2, 0) is 5.41 Å². The fourth-order valence-electron chi connectivity index (χ4n) is 2.95. The number of hydrogen-bond donors (Lipinski definition) is 1. The molecule has 1 aromatic carbocycles. The van der Waals surface area contributed by atoms with Crippen LogP contribution in [0.2, 0.25) is 5.02 Å². The zero-order valence-corrected chi connectivity index (χ0v) is 12.6. The summed E-state index contributed by atoms with van der Waals surface area (Å²) in [7, 11) is 0. The molecule has 1 aliphatic rings. The predicted octanol–water partition coefficient (Wildman–Crippen LogP) is 1.14. The second-order valence-corrected chi connectivity index (χ2v) is 6.19. The summed E-state index contributed by atoms with van der Waals surface area (Å²) in [5, 5.41) is 0.806. The van der Waals surface area contributed by atoms with Crippen molar-refractivity contribution >= 4 is 11.6 Å². The van der Waals surface area contributed by atoms with Gasteiger partial charge >= 0.3 is 0 Å². The first kappa shape index (κ1) is 15.8. The minimum Gasteiger partial charge on any atom is -1.00 e. The van der Waals surface area contributed by atoms with E-state index in [1.54, 1.807) is 0 Å². The minimum absolute atomic E-state index is 0. The van der Waals surface area contributed by atoms with Gasteiger partial charge in [-0.1, -0.05) is 44.0 Å². The highest BCUT2D eigenvalue weighted by Crippen LogP contribution is 2.47. The molecule has 0 heterocycles. The Morgan fingerprint density at radius 3 is 2.17 bits per heavy atom. The van der Waals surface area contributed by atoms with Gasteiger partial charge in [0.05, 0.1) is 0 Å². The van der Waals surface area contributed by atoms with Crippen molar-refractivity contribution in [1.29, 1.82) is 0 Å². The summed E-state index contributed by atoms with van der Waals surface area (Å²) in [5.74, 6) is 0.662. The molecule has 1 nitrogen and oxygen atoms in total. The van der Waals surface area contributed by atoms with Crippen LogP contribution in [0, 0.1) is 5.92 Å². The zero-order valence-electron chi connectivity index (χ0n) is 11.1. The normalized spacial score (nSPS) is 18.9. The highest BCUT2D eigenvalue weighted by molar-refractivity contribution is 6.30. The Hall–Kier alpha value is -0.240. The Balaban J connectivity index is 0.00000162. The van der Waals surface area contributed by atoms with Crippen molar-refractivity contribution in [2.45, 2.75) is 51.0 Å². The molecule has 1 unspecified atom stereocenters. The average Bonchev–Trinajstić information content (AvgIpc) is 2.18. The van der Waals surface area contributed by atoms with Gasteiger partial charge in [-0.2, -0.15) is 0 Å². The van der Waals surface area contributed by atoms with Crippen LogP contribution >= 0.6 is 11.6 Å². The van der Waals surface area contributed by atoms with Crippen molar-refractivity contribution in [2.24, 2.45) is 11.7 Å². The van der Waals surface area contributed by atoms with Gasteiger partial charge in [0.15, 0.2) is 0 Å². The summed E-state index contributed by atoms with van der Waals surface area (Å²) < 4.78 is 0. The van der Waals surface area contributed by atoms with Crippen LogP contribution in [0.4, 0.5) is 0 Å². The molecule has 1 aliphatic carbocycles. The van der Waals surface area contributed by atoms with Crippen LogP contribution in [-0.4, -0.2) is 6.04 Å². The van der Waals surface area contributed by atoms with Crippen molar-refractivity contribution in [3.8, 4) is 0 Å². The van der Waals surface area contributed by atoms with Gasteiger partial charge in [-0.3, -0.25) is 0 Å². The lowest BCUT2D eigenvalue weighted by Crippen LogP contribution is -3.00. The lowest BCUT2D eigenvalue weighted by molar-refractivity contribution is -0.00000380. The second-order valence-electron chi connectivity index (χ2n) is 5.75. The highest BCUT2D eigenvalue weighted by Gasteiger charge is 2.43. The van der Waals surface area contributed by atoms with Gasteiger partial charge in [-0.05, 0) is 42.9 Å². The molecule has 0 aliphatic heterocycles. The Morgan fingerprint density at radius 1 is 1.22 bits per heavy atom. The third-order valence-corrected chi connectivity index (χ3v) is 4.35. The van der Waals surface area contributed by atoms with E-state index >= 15 is 0 Å². The smallest absolute Gasteiger partial charge is 0.0406 e. The molecule has 0 spiro atoms. The summed E-state index contributed by atoms with van der Waals surface area (Å²) >= 11 is 5.96. The van der Waals surface area contributed by atoms with Gasteiger partial charge < -0.3 is 18.1 Å².